The third-order valence-corrected chi connectivity index (χ3v) is 7.20. The molecule has 1 spiro atoms. The molecule has 5 atom stereocenters. The lowest BCUT2D eigenvalue weighted by molar-refractivity contribution is -0.112. The molecule has 0 radical (unpaired) electrons. The summed E-state index contributed by atoms with van der Waals surface area (Å²) in [7, 11) is 1.66. The highest BCUT2D eigenvalue weighted by Crippen LogP contribution is 2.76. The van der Waals surface area contributed by atoms with Crippen LogP contribution in [0, 0.1) is 22.7 Å². The van der Waals surface area contributed by atoms with Crippen molar-refractivity contribution in [3.05, 3.63) is 12.2 Å². The molecule has 0 bridgehead atoms. The molecular formula is C20H34O3. The van der Waals surface area contributed by atoms with Gasteiger partial charge in [-0.25, -0.2) is 0 Å². The number of rotatable bonds is 6. The van der Waals surface area contributed by atoms with E-state index in [1.54, 1.807) is 7.11 Å². The van der Waals surface area contributed by atoms with E-state index in [0.717, 1.165) is 12.8 Å². The lowest BCUT2D eigenvalue weighted by Crippen LogP contribution is -2.41. The largest absolute Gasteiger partial charge is 0.393 e. The molecule has 0 aromatic carbocycles. The van der Waals surface area contributed by atoms with Gasteiger partial charge in [0.1, 0.15) is 6.79 Å². The van der Waals surface area contributed by atoms with Crippen LogP contribution in [0.3, 0.4) is 0 Å². The van der Waals surface area contributed by atoms with E-state index in [-0.39, 0.29) is 11.7 Å². The number of fused-ring (bicyclic) bond motifs is 2. The fourth-order valence-corrected chi connectivity index (χ4v) is 5.64. The highest BCUT2D eigenvalue weighted by Gasteiger charge is 2.69. The van der Waals surface area contributed by atoms with Crippen LogP contribution in [0.1, 0.15) is 65.7 Å². The normalized spacial score (nSPS) is 43.3. The van der Waals surface area contributed by atoms with Gasteiger partial charge in [0.25, 0.3) is 0 Å². The lowest BCUT2D eigenvalue weighted by Gasteiger charge is -2.44. The Hall–Kier alpha value is -0.380. The van der Waals surface area contributed by atoms with E-state index in [0.29, 0.717) is 29.5 Å². The van der Waals surface area contributed by atoms with E-state index in [2.05, 4.69) is 32.9 Å². The molecule has 3 nitrogen and oxygen atoms in total. The van der Waals surface area contributed by atoms with Gasteiger partial charge in [0, 0.05) is 7.11 Å². The van der Waals surface area contributed by atoms with Crippen molar-refractivity contribution in [3.8, 4) is 0 Å². The summed E-state index contributed by atoms with van der Waals surface area (Å²) in [5.41, 5.74) is 0.673. The molecule has 0 saturated heterocycles. The molecule has 3 saturated carbocycles. The predicted octanol–water partition coefficient (Wildman–Crippen LogP) is 4.30. The Morgan fingerprint density at radius 2 is 2.04 bits per heavy atom. The zero-order valence-corrected chi connectivity index (χ0v) is 15.3. The number of allylic oxidation sites excluding steroid dienone is 1. The third-order valence-electron chi connectivity index (χ3n) is 7.20. The Labute approximate surface area is 141 Å². The van der Waals surface area contributed by atoms with Gasteiger partial charge in [-0.05, 0) is 75.0 Å². The van der Waals surface area contributed by atoms with Crippen molar-refractivity contribution < 1.29 is 14.6 Å². The summed E-state index contributed by atoms with van der Waals surface area (Å²) in [5, 5.41) is 10.4. The number of aliphatic hydroxyl groups excluding tert-OH is 1. The van der Waals surface area contributed by atoms with Crippen LogP contribution in [0.25, 0.3) is 0 Å². The Morgan fingerprint density at radius 1 is 1.26 bits per heavy atom. The molecule has 3 aliphatic carbocycles. The average Bonchev–Trinajstić information content (AvgIpc) is 3.11. The molecule has 0 amide bonds. The van der Waals surface area contributed by atoms with E-state index in [1.165, 1.54) is 32.1 Å². The molecule has 132 valence electrons. The van der Waals surface area contributed by atoms with Crippen molar-refractivity contribution in [2.75, 3.05) is 13.9 Å². The lowest BCUT2D eigenvalue weighted by atomic mass is 9.62. The molecule has 3 heteroatoms. The van der Waals surface area contributed by atoms with Crippen molar-refractivity contribution in [2.24, 2.45) is 22.7 Å². The second kappa shape index (κ2) is 6.16. The molecule has 0 heterocycles. The number of aliphatic hydroxyl groups is 1. The van der Waals surface area contributed by atoms with Crippen molar-refractivity contribution in [1.82, 2.24) is 0 Å². The summed E-state index contributed by atoms with van der Waals surface area (Å²) >= 11 is 0. The van der Waals surface area contributed by atoms with Crippen molar-refractivity contribution >= 4 is 0 Å². The van der Waals surface area contributed by atoms with Crippen LogP contribution >= 0.6 is 0 Å². The van der Waals surface area contributed by atoms with Crippen LogP contribution < -0.4 is 0 Å². The molecule has 3 fully saturated rings. The van der Waals surface area contributed by atoms with Gasteiger partial charge >= 0.3 is 0 Å². The fourth-order valence-electron chi connectivity index (χ4n) is 5.64. The first-order valence-corrected chi connectivity index (χ1v) is 9.32. The molecule has 0 aromatic rings. The van der Waals surface area contributed by atoms with Crippen molar-refractivity contribution in [2.45, 2.75) is 77.4 Å². The summed E-state index contributed by atoms with van der Waals surface area (Å²) in [6.07, 6.45) is 13.0. The monoisotopic (exact) mass is 322 g/mol. The zero-order valence-electron chi connectivity index (χ0n) is 15.3. The minimum absolute atomic E-state index is 0.0558. The summed E-state index contributed by atoms with van der Waals surface area (Å²) in [4.78, 5) is 0. The van der Waals surface area contributed by atoms with Crippen LogP contribution in [0.2, 0.25) is 0 Å². The zero-order chi connectivity index (χ0) is 16.7. The van der Waals surface area contributed by atoms with Crippen LogP contribution in [0.4, 0.5) is 0 Å². The van der Waals surface area contributed by atoms with Gasteiger partial charge in [0.15, 0.2) is 0 Å². The minimum Gasteiger partial charge on any atom is -0.393 e. The fraction of sp³-hybridized carbons (Fsp3) is 0.900. The highest BCUT2D eigenvalue weighted by molar-refractivity contribution is 5.23. The van der Waals surface area contributed by atoms with E-state index in [1.807, 2.05) is 0 Å². The minimum atomic E-state index is -0.169. The van der Waals surface area contributed by atoms with Crippen LogP contribution in [-0.4, -0.2) is 30.7 Å². The number of hydrogen-bond acceptors (Lipinski definition) is 3. The van der Waals surface area contributed by atoms with Gasteiger partial charge in [0.05, 0.1) is 11.7 Å². The summed E-state index contributed by atoms with van der Waals surface area (Å²) in [6, 6.07) is 0. The second-order valence-electron chi connectivity index (χ2n) is 8.93. The molecule has 1 N–H and O–H groups in total. The Kier molecular flexibility index (Phi) is 4.67. The van der Waals surface area contributed by atoms with Gasteiger partial charge in [-0.15, -0.1) is 0 Å². The molecular weight excluding hydrogens is 288 g/mol. The van der Waals surface area contributed by atoms with Gasteiger partial charge in [0.2, 0.25) is 0 Å². The molecule has 0 aliphatic heterocycles. The number of methoxy groups -OCH3 is 1. The molecule has 3 rings (SSSR count). The standard InChI is InChI=1S/C20H34O3/c1-18(2,23-14-22-4)10-5-7-15-13-20(15)12-9-16-17(21)8-6-11-19(16,20)3/h5,7,15-17,21H,6,8-14H2,1-4H3/b7-5+/t15-,16+,17+,19+,20+/m1/s1. The molecule has 3 aliphatic rings. The maximum Gasteiger partial charge on any atom is 0.147 e. The van der Waals surface area contributed by atoms with Gasteiger partial charge in [-0.1, -0.05) is 25.5 Å². The van der Waals surface area contributed by atoms with E-state index in [9.17, 15) is 5.11 Å². The van der Waals surface area contributed by atoms with Gasteiger partial charge in [-0.3, -0.25) is 0 Å². The summed E-state index contributed by atoms with van der Waals surface area (Å²) in [5.74, 6) is 1.25. The average molecular weight is 322 g/mol. The topological polar surface area (TPSA) is 38.7 Å². The van der Waals surface area contributed by atoms with Gasteiger partial charge < -0.3 is 14.6 Å². The van der Waals surface area contributed by atoms with Crippen molar-refractivity contribution in [3.63, 3.8) is 0 Å². The Morgan fingerprint density at radius 3 is 2.78 bits per heavy atom. The van der Waals surface area contributed by atoms with E-state index < -0.39 is 0 Å². The second-order valence-corrected chi connectivity index (χ2v) is 8.93. The summed E-state index contributed by atoms with van der Waals surface area (Å²) < 4.78 is 10.7. The third kappa shape index (κ3) is 3.01. The molecule has 23 heavy (non-hydrogen) atoms. The first-order valence-electron chi connectivity index (χ1n) is 9.32. The maximum absolute atomic E-state index is 10.4. The number of ether oxygens (including phenoxy) is 2. The van der Waals surface area contributed by atoms with E-state index in [4.69, 9.17) is 9.47 Å². The predicted molar refractivity (Wildman–Crippen MR) is 92.0 cm³/mol. The van der Waals surface area contributed by atoms with Crippen LogP contribution in [-0.2, 0) is 9.47 Å². The maximum atomic E-state index is 10.4. The molecule has 0 unspecified atom stereocenters. The van der Waals surface area contributed by atoms with Gasteiger partial charge in [-0.2, -0.15) is 0 Å². The Bertz CT molecular complexity index is 458. The SMILES string of the molecule is COCOC(C)(C)C/C=C/[C@@H]1C[C@@]12CC[C@H]1[C@@H](O)CCC[C@@]12C. The first-order chi connectivity index (χ1) is 10.8. The first kappa shape index (κ1) is 17.4. The Balaban J connectivity index is 1.59. The van der Waals surface area contributed by atoms with E-state index >= 15 is 0 Å². The van der Waals surface area contributed by atoms with Crippen LogP contribution in [0.5, 0.6) is 0 Å². The summed E-state index contributed by atoms with van der Waals surface area (Å²) in [6.45, 7) is 7.05. The number of hydrogen-bond donors (Lipinski definition) is 1. The van der Waals surface area contributed by atoms with Crippen LogP contribution in [0.15, 0.2) is 12.2 Å². The van der Waals surface area contributed by atoms with Crippen molar-refractivity contribution in [1.29, 1.82) is 0 Å². The quantitative estimate of drug-likeness (QED) is 0.585. The highest BCUT2D eigenvalue weighted by atomic mass is 16.7. The molecule has 0 aromatic heterocycles. The smallest absolute Gasteiger partial charge is 0.147 e.